The third-order valence-electron chi connectivity index (χ3n) is 6.99. The standard InChI is InChI=1S/C20H30N2O5/c1-26-4-5-27-17(23)9-16-18(24)21-2-3-22(16)19(25)20-10-13-6-14(11-20)8-15(7-13)12-20/h13-16H,2-12H2,1H3,(H,21,24). The molecule has 1 atom stereocenters. The number of ether oxygens (including phenoxy) is 2. The number of nitrogens with one attached hydrogen (secondary N) is 1. The quantitative estimate of drug-likeness (QED) is 0.553. The average molecular weight is 378 g/mol. The summed E-state index contributed by atoms with van der Waals surface area (Å²) < 4.78 is 10.0. The molecular weight excluding hydrogens is 348 g/mol. The Morgan fingerprint density at radius 1 is 1.11 bits per heavy atom. The van der Waals surface area contributed by atoms with Crippen molar-refractivity contribution in [1.82, 2.24) is 10.2 Å². The fraction of sp³-hybridized carbons (Fsp3) is 0.850. The van der Waals surface area contributed by atoms with Crippen LogP contribution in [0.25, 0.3) is 0 Å². The van der Waals surface area contributed by atoms with Gasteiger partial charge >= 0.3 is 5.97 Å². The fourth-order valence-corrected chi connectivity index (χ4v) is 6.29. The Bertz CT molecular complexity index is 584. The van der Waals surface area contributed by atoms with Gasteiger partial charge in [0.15, 0.2) is 0 Å². The Kier molecular flexibility index (Phi) is 5.14. The van der Waals surface area contributed by atoms with E-state index in [0.29, 0.717) is 37.5 Å². The van der Waals surface area contributed by atoms with Gasteiger partial charge in [0.1, 0.15) is 12.6 Å². The van der Waals surface area contributed by atoms with Crippen LogP contribution in [0.15, 0.2) is 0 Å². The summed E-state index contributed by atoms with van der Waals surface area (Å²) in [5.41, 5.74) is -0.301. The monoisotopic (exact) mass is 378 g/mol. The van der Waals surface area contributed by atoms with Crippen LogP contribution in [0.5, 0.6) is 0 Å². The van der Waals surface area contributed by atoms with Crippen LogP contribution in [-0.4, -0.2) is 62.1 Å². The second-order valence-corrected chi connectivity index (χ2v) is 8.92. The van der Waals surface area contributed by atoms with Gasteiger partial charge in [-0.1, -0.05) is 0 Å². The van der Waals surface area contributed by atoms with E-state index in [2.05, 4.69) is 5.32 Å². The Labute approximate surface area is 160 Å². The molecule has 0 aromatic rings. The van der Waals surface area contributed by atoms with E-state index in [1.54, 1.807) is 4.90 Å². The minimum absolute atomic E-state index is 0.0896. The topological polar surface area (TPSA) is 84.9 Å². The molecule has 27 heavy (non-hydrogen) atoms. The zero-order chi connectivity index (χ0) is 19.0. The second-order valence-electron chi connectivity index (χ2n) is 8.92. The fourth-order valence-electron chi connectivity index (χ4n) is 6.29. The Hall–Kier alpha value is -1.63. The first-order valence-corrected chi connectivity index (χ1v) is 10.2. The van der Waals surface area contributed by atoms with Crippen molar-refractivity contribution in [3.8, 4) is 0 Å². The summed E-state index contributed by atoms with van der Waals surface area (Å²) in [5.74, 6) is 1.38. The highest BCUT2D eigenvalue weighted by atomic mass is 16.6. The SMILES string of the molecule is COCCOC(=O)CC1C(=O)NCCN1C(=O)C12CC3CC(CC(C3)C1)C2. The molecular formula is C20H30N2O5. The van der Waals surface area contributed by atoms with E-state index in [4.69, 9.17) is 9.47 Å². The van der Waals surface area contributed by atoms with Gasteiger partial charge in [-0.05, 0) is 56.3 Å². The third-order valence-corrected chi connectivity index (χ3v) is 6.99. The van der Waals surface area contributed by atoms with E-state index in [1.807, 2.05) is 0 Å². The molecule has 0 radical (unpaired) electrons. The molecule has 0 spiro atoms. The minimum Gasteiger partial charge on any atom is -0.463 e. The molecule has 1 unspecified atom stereocenters. The number of amides is 2. The molecule has 4 saturated carbocycles. The molecule has 7 nitrogen and oxygen atoms in total. The molecule has 4 aliphatic carbocycles. The number of carbonyl (C=O) groups is 3. The van der Waals surface area contributed by atoms with Crippen molar-refractivity contribution < 1.29 is 23.9 Å². The number of esters is 1. The third kappa shape index (κ3) is 3.58. The van der Waals surface area contributed by atoms with E-state index < -0.39 is 12.0 Å². The molecule has 0 aromatic heterocycles. The Balaban J connectivity index is 1.47. The summed E-state index contributed by atoms with van der Waals surface area (Å²) in [6, 6.07) is -0.755. The molecule has 1 heterocycles. The maximum atomic E-state index is 13.6. The predicted molar refractivity (Wildman–Crippen MR) is 96.6 cm³/mol. The Morgan fingerprint density at radius 3 is 2.33 bits per heavy atom. The highest BCUT2D eigenvalue weighted by molar-refractivity contribution is 5.93. The van der Waals surface area contributed by atoms with E-state index in [0.717, 1.165) is 19.3 Å². The number of nitrogens with zero attached hydrogens (tertiary/aromatic N) is 1. The van der Waals surface area contributed by atoms with Gasteiger partial charge < -0.3 is 19.7 Å². The lowest BCUT2D eigenvalue weighted by Gasteiger charge is -2.57. The molecule has 5 aliphatic rings. The molecule has 150 valence electrons. The van der Waals surface area contributed by atoms with Crippen LogP contribution in [0.1, 0.15) is 44.9 Å². The number of hydrogen-bond donors (Lipinski definition) is 1. The van der Waals surface area contributed by atoms with Crippen molar-refractivity contribution in [2.75, 3.05) is 33.4 Å². The van der Waals surface area contributed by atoms with Crippen molar-refractivity contribution in [1.29, 1.82) is 0 Å². The van der Waals surface area contributed by atoms with E-state index in [1.165, 1.54) is 26.4 Å². The van der Waals surface area contributed by atoms with Crippen molar-refractivity contribution in [3.63, 3.8) is 0 Å². The zero-order valence-corrected chi connectivity index (χ0v) is 16.1. The van der Waals surface area contributed by atoms with Gasteiger partial charge in [0, 0.05) is 20.2 Å². The highest BCUT2D eigenvalue weighted by Gasteiger charge is 2.56. The first kappa shape index (κ1) is 18.7. The van der Waals surface area contributed by atoms with E-state index in [9.17, 15) is 14.4 Å². The van der Waals surface area contributed by atoms with Crippen LogP contribution in [0.3, 0.4) is 0 Å². The van der Waals surface area contributed by atoms with Crippen molar-refractivity contribution in [2.24, 2.45) is 23.2 Å². The van der Waals surface area contributed by atoms with Crippen molar-refractivity contribution in [3.05, 3.63) is 0 Å². The van der Waals surface area contributed by atoms with Crippen molar-refractivity contribution >= 4 is 17.8 Å². The van der Waals surface area contributed by atoms with Crippen LogP contribution in [0, 0.1) is 23.2 Å². The van der Waals surface area contributed by atoms with Crippen LogP contribution in [0.2, 0.25) is 0 Å². The van der Waals surface area contributed by atoms with Crippen LogP contribution in [-0.2, 0) is 23.9 Å². The summed E-state index contributed by atoms with van der Waals surface area (Å²) in [7, 11) is 1.54. The molecule has 4 bridgehead atoms. The normalized spacial score (nSPS) is 37.2. The van der Waals surface area contributed by atoms with Crippen molar-refractivity contribution in [2.45, 2.75) is 51.0 Å². The Morgan fingerprint density at radius 2 is 1.74 bits per heavy atom. The summed E-state index contributed by atoms with van der Waals surface area (Å²) in [6.07, 6.45) is 6.59. The number of carbonyl (C=O) groups excluding carboxylic acids is 3. The highest BCUT2D eigenvalue weighted by Crippen LogP contribution is 2.60. The second kappa shape index (κ2) is 7.41. The largest absolute Gasteiger partial charge is 0.463 e. The molecule has 1 saturated heterocycles. The first-order valence-electron chi connectivity index (χ1n) is 10.2. The van der Waals surface area contributed by atoms with Gasteiger partial charge in [-0.25, -0.2) is 0 Å². The maximum Gasteiger partial charge on any atom is 0.308 e. The molecule has 2 amide bonds. The lowest BCUT2D eigenvalue weighted by molar-refractivity contribution is -0.166. The summed E-state index contributed by atoms with van der Waals surface area (Å²) >= 11 is 0. The predicted octanol–water partition coefficient (Wildman–Crippen LogP) is 1.11. The van der Waals surface area contributed by atoms with E-state index >= 15 is 0 Å². The molecule has 0 aromatic carbocycles. The van der Waals surface area contributed by atoms with E-state index in [-0.39, 0.29) is 30.3 Å². The summed E-state index contributed by atoms with van der Waals surface area (Å²) in [6.45, 7) is 1.40. The average Bonchev–Trinajstić information content (AvgIpc) is 2.62. The van der Waals surface area contributed by atoms with Gasteiger partial charge in [-0.3, -0.25) is 14.4 Å². The summed E-state index contributed by atoms with van der Waals surface area (Å²) in [5, 5.41) is 2.80. The van der Waals surface area contributed by atoms with Crippen LogP contribution < -0.4 is 5.32 Å². The number of piperazine rings is 1. The lowest BCUT2D eigenvalue weighted by atomic mass is 9.49. The zero-order valence-electron chi connectivity index (χ0n) is 16.1. The molecule has 5 rings (SSSR count). The number of methoxy groups -OCH3 is 1. The number of rotatable bonds is 6. The lowest BCUT2D eigenvalue weighted by Crippen LogP contribution is -2.63. The summed E-state index contributed by atoms with van der Waals surface area (Å²) in [4.78, 5) is 39.9. The molecule has 1 aliphatic heterocycles. The van der Waals surface area contributed by atoms with Gasteiger partial charge in [0.05, 0.1) is 18.4 Å². The molecule has 1 N–H and O–H groups in total. The smallest absolute Gasteiger partial charge is 0.308 e. The number of hydrogen-bond acceptors (Lipinski definition) is 5. The molecule has 7 heteroatoms. The first-order chi connectivity index (χ1) is 13.0. The van der Waals surface area contributed by atoms with Crippen LogP contribution >= 0.6 is 0 Å². The maximum absolute atomic E-state index is 13.6. The van der Waals surface area contributed by atoms with Crippen LogP contribution in [0.4, 0.5) is 0 Å². The van der Waals surface area contributed by atoms with Gasteiger partial charge in [0.25, 0.3) is 0 Å². The van der Waals surface area contributed by atoms with Gasteiger partial charge in [0.2, 0.25) is 11.8 Å². The van der Waals surface area contributed by atoms with Gasteiger partial charge in [-0.2, -0.15) is 0 Å². The minimum atomic E-state index is -0.755. The van der Waals surface area contributed by atoms with Gasteiger partial charge in [-0.15, -0.1) is 0 Å². The molecule has 5 fully saturated rings.